The Balaban J connectivity index is 2.20. The second kappa shape index (κ2) is 5.10. The van der Waals surface area contributed by atoms with Crippen molar-refractivity contribution in [3.8, 4) is 11.5 Å². The highest BCUT2D eigenvalue weighted by Crippen LogP contribution is 2.20. The minimum Gasteiger partial charge on any atom is -0.419 e. The summed E-state index contributed by atoms with van der Waals surface area (Å²) in [7, 11) is 0. The number of aromatic nitrogens is 2. The Morgan fingerprint density at radius 3 is 2.59 bits per heavy atom. The predicted molar refractivity (Wildman–Crippen MR) is 66.6 cm³/mol. The first-order chi connectivity index (χ1) is 8.20. The van der Waals surface area contributed by atoms with Gasteiger partial charge in [-0.05, 0) is 32.5 Å². The Bertz CT molecular complexity index is 476. The highest BCUT2D eigenvalue weighted by atomic mass is 16.4. The lowest BCUT2D eigenvalue weighted by atomic mass is 10.1. The van der Waals surface area contributed by atoms with Gasteiger partial charge in [0.15, 0.2) is 0 Å². The molecular formula is C13H17N3O. The number of aryl methyl sites for hydroxylation is 1. The third kappa shape index (κ3) is 2.71. The van der Waals surface area contributed by atoms with E-state index in [0.717, 1.165) is 12.1 Å². The fourth-order valence-corrected chi connectivity index (χ4v) is 1.62. The summed E-state index contributed by atoms with van der Waals surface area (Å²) < 4.78 is 5.64. The first kappa shape index (κ1) is 11.8. The Hall–Kier alpha value is -1.68. The van der Waals surface area contributed by atoms with Gasteiger partial charge in [0.2, 0.25) is 11.8 Å². The van der Waals surface area contributed by atoms with Crippen LogP contribution in [0.2, 0.25) is 0 Å². The first-order valence-corrected chi connectivity index (χ1v) is 5.84. The van der Waals surface area contributed by atoms with Crippen LogP contribution in [0.5, 0.6) is 0 Å². The van der Waals surface area contributed by atoms with Crippen LogP contribution in [0, 0.1) is 6.92 Å². The van der Waals surface area contributed by atoms with Gasteiger partial charge in [0.05, 0.1) is 6.04 Å². The topological polar surface area (TPSA) is 51.0 Å². The monoisotopic (exact) mass is 231 g/mol. The van der Waals surface area contributed by atoms with Gasteiger partial charge >= 0.3 is 0 Å². The first-order valence-electron chi connectivity index (χ1n) is 5.84. The minimum absolute atomic E-state index is 0.0895. The van der Waals surface area contributed by atoms with Gasteiger partial charge in [0, 0.05) is 5.56 Å². The molecule has 1 atom stereocenters. The van der Waals surface area contributed by atoms with Crippen molar-refractivity contribution in [3.05, 3.63) is 35.7 Å². The summed E-state index contributed by atoms with van der Waals surface area (Å²) >= 11 is 0. The lowest BCUT2D eigenvalue weighted by Crippen LogP contribution is -2.17. The SMILES string of the molecule is CCNC(C)c1nnc(-c2ccc(C)cc2)o1. The summed E-state index contributed by atoms with van der Waals surface area (Å²) in [6.07, 6.45) is 0. The van der Waals surface area contributed by atoms with Crippen LogP contribution in [0.1, 0.15) is 31.3 Å². The van der Waals surface area contributed by atoms with Crippen molar-refractivity contribution >= 4 is 0 Å². The van der Waals surface area contributed by atoms with Crippen molar-refractivity contribution in [2.75, 3.05) is 6.54 Å². The summed E-state index contributed by atoms with van der Waals surface area (Å²) in [5, 5.41) is 11.4. The van der Waals surface area contributed by atoms with E-state index in [1.807, 2.05) is 38.1 Å². The molecule has 0 aliphatic heterocycles. The summed E-state index contributed by atoms with van der Waals surface area (Å²) in [5.41, 5.74) is 2.17. The number of hydrogen-bond acceptors (Lipinski definition) is 4. The van der Waals surface area contributed by atoms with Crippen LogP contribution in [0.3, 0.4) is 0 Å². The number of hydrogen-bond donors (Lipinski definition) is 1. The van der Waals surface area contributed by atoms with E-state index >= 15 is 0 Å². The second-order valence-corrected chi connectivity index (χ2v) is 4.09. The Morgan fingerprint density at radius 1 is 1.24 bits per heavy atom. The standard InChI is InChI=1S/C13H17N3O/c1-4-14-10(3)12-15-16-13(17-12)11-7-5-9(2)6-8-11/h5-8,10,14H,4H2,1-3H3. The van der Waals surface area contributed by atoms with E-state index < -0.39 is 0 Å². The van der Waals surface area contributed by atoms with Crippen LogP contribution in [0.25, 0.3) is 11.5 Å². The maximum absolute atomic E-state index is 5.64. The minimum atomic E-state index is 0.0895. The molecule has 0 spiro atoms. The highest BCUT2D eigenvalue weighted by molar-refractivity contribution is 5.52. The molecule has 4 nitrogen and oxygen atoms in total. The van der Waals surface area contributed by atoms with Crippen molar-refractivity contribution in [3.63, 3.8) is 0 Å². The molecule has 4 heteroatoms. The highest BCUT2D eigenvalue weighted by Gasteiger charge is 2.13. The number of nitrogens with one attached hydrogen (secondary N) is 1. The molecule has 0 aliphatic carbocycles. The molecule has 0 saturated heterocycles. The molecule has 2 rings (SSSR count). The van der Waals surface area contributed by atoms with E-state index in [9.17, 15) is 0 Å². The van der Waals surface area contributed by atoms with Gasteiger partial charge in [0.1, 0.15) is 0 Å². The van der Waals surface area contributed by atoms with E-state index in [0.29, 0.717) is 11.8 Å². The molecule has 1 N–H and O–H groups in total. The molecule has 90 valence electrons. The Kier molecular flexibility index (Phi) is 3.54. The van der Waals surface area contributed by atoms with Crippen LogP contribution < -0.4 is 5.32 Å². The van der Waals surface area contributed by atoms with E-state index in [4.69, 9.17) is 4.42 Å². The van der Waals surface area contributed by atoms with Gasteiger partial charge in [-0.2, -0.15) is 0 Å². The molecule has 1 aromatic carbocycles. The van der Waals surface area contributed by atoms with Crippen molar-refractivity contribution in [2.45, 2.75) is 26.8 Å². The zero-order valence-corrected chi connectivity index (χ0v) is 10.4. The van der Waals surface area contributed by atoms with Gasteiger partial charge < -0.3 is 9.73 Å². The van der Waals surface area contributed by atoms with E-state index in [1.54, 1.807) is 0 Å². The van der Waals surface area contributed by atoms with Gasteiger partial charge in [0.25, 0.3) is 0 Å². The maximum atomic E-state index is 5.64. The normalized spacial score (nSPS) is 12.6. The Morgan fingerprint density at radius 2 is 1.94 bits per heavy atom. The summed E-state index contributed by atoms with van der Waals surface area (Å²) in [4.78, 5) is 0. The summed E-state index contributed by atoms with van der Waals surface area (Å²) in [6.45, 7) is 6.99. The van der Waals surface area contributed by atoms with Crippen molar-refractivity contribution < 1.29 is 4.42 Å². The van der Waals surface area contributed by atoms with E-state index in [-0.39, 0.29) is 6.04 Å². The molecule has 1 unspecified atom stereocenters. The molecule has 1 aromatic heterocycles. The predicted octanol–water partition coefficient (Wildman–Crippen LogP) is 2.72. The molecule has 0 aliphatic rings. The lowest BCUT2D eigenvalue weighted by Gasteiger charge is -2.05. The zero-order valence-electron chi connectivity index (χ0n) is 10.4. The van der Waals surface area contributed by atoms with Gasteiger partial charge in [-0.1, -0.05) is 24.6 Å². The third-order valence-corrected chi connectivity index (χ3v) is 2.62. The van der Waals surface area contributed by atoms with Crippen LogP contribution in [0.15, 0.2) is 28.7 Å². The molecule has 0 amide bonds. The van der Waals surface area contributed by atoms with Gasteiger partial charge in [-0.25, -0.2) is 0 Å². The number of nitrogens with zero attached hydrogens (tertiary/aromatic N) is 2. The van der Waals surface area contributed by atoms with E-state index in [1.165, 1.54) is 5.56 Å². The molecule has 2 aromatic rings. The average molecular weight is 231 g/mol. The van der Waals surface area contributed by atoms with Crippen molar-refractivity contribution in [1.29, 1.82) is 0 Å². The van der Waals surface area contributed by atoms with Gasteiger partial charge in [-0.15, -0.1) is 10.2 Å². The molecular weight excluding hydrogens is 214 g/mol. The number of rotatable bonds is 4. The van der Waals surface area contributed by atoms with Crippen LogP contribution in [-0.2, 0) is 0 Å². The zero-order chi connectivity index (χ0) is 12.3. The van der Waals surface area contributed by atoms with Crippen LogP contribution >= 0.6 is 0 Å². The maximum Gasteiger partial charge on any atom is 0.247 e. The fourth-order valence-electron chi connectivity index (χ4n) is 1.62. The second-order valence-electron chi connectivity index (χ2n) is 4.09. The summed E-state index contributed by atoms with van der Waals surface area (Å²) in [6, 6.07) is 8.14. The lowest BCUT2D eigenvalue weighted by molar-refractivity contribution is 0.429. The molecule has 0 saturated carbocycles. The molecule has 0 bridgehead atoms. The summed E-state index contributed by atoms with van der Waals surface area (Å²) in [5.74, 6) is 1.20. The third-order valence-electron chi connectivity index (χ3n) is 2.62. The molecule has 1 heterocycles. The fraction of sp³-hybridized carbons (Fsp3) is 0.385. The van der Waals surface area contributed by atoms with Crippen LogP contribution in [-0.4, -0.2) is 16.7 Å². The molecule has 0 fully saturated rings. The van der Waals surface area contributed by atoms with Gasteiger partial charge in [-0.3, -0.25) is 0 Å². The largest absolute Gasteiger partial charge is 0.419 e. The quantitative estimate of drug-likeness (QED) is 0.879. The van der Waals surface area contributed by atoms with Crippen LogP contribution in [0.4, 0.5) is 0 Å². The van der Waals surface area contributed by atoms with Crippen molar-refractivity contribution in [2.24, 2.45) is 0 Å². The average Bonchev–Trinajstić information content (AvgIpc) is 2.80. The molecule has 17 heavy (non-hydrogen) atoms. The number of benzene rings is 1. The van der Waals surface area contributed by atoms with Crippen molar-refractivity contribution in [1.82, 2.24) is 15.5 Å². The smallest absolute Gasteiger partial charge is 0.247 e. The Labute approximate surface area is 101 Å². The molecule has 0 radical (unpaired) electrons. The van der Waals surface area contributed by atoms with E-state index in [2.05, 4.69) is 22.4 Å².